The van der Waals surface area contributed by atoms with Crippen molar-refractivity contribution in [1.29, 1.82) is 0 Å². The number of nitrogens with zero attached hydrogens (tertiary/aromatic N) is 3. The summed E-state index contributed by atoms with van der Waals surface area (Å²) >= 11 is 0. The third-order valence-corrected chi connectivity index (χ3v) is 2.43. The molecule has 0 fully saturated rings. The monoisotopic (exact) mass is 231 g/mol. The van der Waals surface area contributed by atoms with Crippen molar-refractivity contribution in [3.63, 3.8) is 0 Å². The molecule has 0 bridgehead atoms. The number of aromatic nitrogens is 3. The van der Waals surface area contributed by atoms with E-state index in [0.717, 1.165) is 13.0 Å². The van der Waals surface area contributed by atoms with E-state index in [4.69, 9.17) is 5.11 Å². The van der Waals surface area contributed by atoms with Gasteiger partial charge in [0.15, 0.2) is 5.69 Å². The molecule has 2 aromatic heterocycles. The van der Waals surface area contributed by atoms with Crippen LogP contribution in [0.2, 0.25) is 0 Å². The maximum atomic E-state index is 11.1. The van der Waals surface area contributed by atoms with Crippen LogP contribution in [0.5, 0.6) is 0 Å². The first-order valence-corrected chi connectivity index (χ1v) is 5.44. The summed E-state index contributed by atoms with van der Waals surface area (Å²) in [6.07, 6.45) is 5.95. The van der Waals surface area contributed by atoms with Crippen LogP contribution in [0.25, 0.3) is 11.4 Å². The largest absolute Gasteiger partial charge is 0.476 e. The highest BCUT2D eigenvalue weighted by atomic mass is 16.4. The lowest BCUT2D eigenvalue weighted by Gasteiger charge is -2.07. The molecule has 17 heavy (non-hydrogen) atoms. The molecule has 0 saturated carbocycles. The molecule has 0 unspecified atom stereocenters. The van der Waals surface area contributed by atoms with Gasteiger partial charge in [0.1, 0.15) is 5.82 Å². The number of pyridine rings is 1. The molecule has 0 atom stereocenters. The van der Waals surface area contributed by atoms with E-state index in [2.05, 4.69) is 16.9 Å². The average Bonchev–Trinajstić information content (AvgIpc) is 2.77. The zero-order valence-electron chi connectivity index (χ0n) is 9.50. The average molecular weight is 231 g/mol. The molecule has 0 aliphatic heterocycles. The van der Waals surface area contributed by atoms with Gasteiger partial charge in [-0.3, -0.25) is 0 Å². The third kappa shape index (κ3) is 2.18. The van der Waals surface area contributed by atoms with E-state index in [1.807, 2.05) is 10.8 Å². The Morgan fingerprint density at radius 3 is 2.94 bits per heavy atom. The second kappa shape index (κ2) is 4.78. The van der Waals surface area contributed by atoms with Gasteiger partial charge in [-0.2, -0.15) is 0 Å². The number of imidazole rings is 1. The van der Waals surface area contributed by atoms with E-state index in [-0.39, 0.29) is 5.69 Å². The molecule has 88 valence electrons. The van der Waals surface area contributed by atoms with Crippen LogP contribution >= 0.6 is 0 Å². The maximum Gasteiger partial charge on any atom is 0.355 e. The van der Waals surface area contributed by atoms with Gasteiger partial charge in [0.25, 0.3) is 0 Å². The maximum absolute atomic E-state index is 11.1. The quantitative estimate of drug-likeness (QED) is 0.874. The Morgan fingerprint density at radius 2 is 2.24 bits per heavy atom. The fraction of sp³-hybridized carbons (Fsp3) is 0.250. The van der Waals surface area contributed by atoms with Crippen molar-refractivity contribution < 1.29 is 9.90 Å². The first-order valence-electron chi connectivity index (χ1n) is 5.44. The van der Waals surface area contributed by atoms with E-state index < -0.39 is 5.97 Å². The van der Waals surface area contributed by atoms with Crippen molar-refractivity contribution in [1.82, 2.24) is 14.5 Å². The van der Waals surface area contributed by atoms with E-state index in [1.54, 1.807) is 18.3 Å². The van der Waals surface area contributed by atoms with Crippen LogP contribution in [0.4, 0.5) is 0 Å². The number of carboxylic acid groups (broad SMARTS) is 1. The summed E-state index contributed by atoms with van der Waals surface area (Å²) in [5.74, 6) is -0.385. The van der Waals surface area contributed by atoms with Crippen LogP contribution in [0, 0.1) is 0 Å². The topological polar surface area (TPSA) is 68.0 Å². The highest BCUT2D eigenvalue weighted by Gasteiger charge is 2.16. The van der Waals surface area contributed by atoms with Crippen molar-refractivity contribution >= 4 is 5.97 Å². The molecule has 0 radical (unpaired) electrons. The van der Waals surface area contributed by atoms with Gasteiger partial charge in [-0.05, 0) is 18.6 Å². The summed E-state index contributed by atoms with van der Waals surface area (Å²) < 4.78 is 1.93. The summed E-state index contributed by atoms with van der Waals surface area (Å²) in [5, 5.41) is 9.09. The van der Waals surface area contributed by atoms with Gasteiger partial charge in [0.2, 0.25) is 0 Å². The predicted octanol–water partition coefficient (Wildman–Crippen LogP) is 2.05. The molecular weight excluding hydrogens is 218 g/mol. The number of hydrogen-bond donors (Lipinski definition) is 1. The molecule has 0 aromatic carbocycles. The zero-order valence-corrected chi connectivity index (χ0v) is 9.50. The molecule has 2 heterocycles. The van der Waals surface area contributed by atoms with Crippen molar-refractivity contribution in [2.24, 2.45) is 0 Å². The Bertz CT molecular complexity index is 534. The van der Waals surface area contributed by atoms with Crippen LogP contribution in [-0.2, 0) is 6.54 Å². The van der Waals surface area contributed by atoms with Gasteiger partial charge >= 0.3 is 5.97 Å². The predicted molar refractivity (Wildman–Crippen MR) is 62.7 cm³/mol. The highest BCUT2D eigenvalue weighted by molar-refractivity contribution is 5.92. The molecule has 5 nitrogen and oxygen atoms in total. The fourth-order valence-electron chi connectivity index (χ4n) is 1.73. The molecule has 0 aliphatic carbocycles. The van der Waals surface area contributed by atoms with Gasteiger partial charge in [0, 0.05) is 25.1 Å². The van der Waals surface area contributed by atoms with E-state index >= 15 is 0 Å². The Hall–Kier alpha value is -2.17. The summed E-state index contributed by atoms with van der Waals surface area (Å²) in [6, 6.07) is 3.44. The zero-order chi connectivity index (χ0) is 12.3. The minimum atomic E-state index is -1.04. The summed E-state index contributed by atoms with van der Waals surface area (Å²) in [7, 11) is 0. The van der Waals surface area contributed by atoms with Crippen molar-refractivity contribution in [2.45, 2.75) is 19.9 Å². The standard InChI is InChI=1S/C12H13N3O2/c1-2-7-15-8-6-14-11(15)9-4-3-5-13-10(9)12(16)17/h3-6,8H,2,7H2,1H3,(H,16,17). The smallest absolute Gasteiger partial charge is 0.355 e. The second-order valence-corrected chi connectivity index (χ2v) is 3.65. The number of aromatic carboxylic acids is 1. The Morgan fingerprint density at radius 1 is 1.41 bits per heavy atom. The van der Waals surface area contributed by atoms with Crippen LogP contribution in [-0.4, -0.2) is 25.6 Å². The van der Waals surface area contributed by atoms with Crippen LogP contribution in [0.15, 0.2) is 30.7 Å². The molecule has 0 aliphatic rings. The Labute approximate surface area is 98.8 Å². The third-order valence-electron chi connectivity index (χ3n) is 2.43. The van der Waals surface area contributed by atoms with E-state index in [1.165, 1.54) is 6.20 Å². The number of hydrogen-bond acceptors (Lipinski definition) is 3. The molecule has 2 rings (SSSR count). The lowest BCUT2D eigenvalue weighted by atomic mass is 10.2. The first-order chi connectivity index (χ1) is 8.24. The van der Waals surface area contributed by atoms with Gasteiger partial charge in [-0.1, -0.05) is 6.92 Å². The van der Waals surface area contributed by atoms with Crippen LogP contribution in [0.3, 0.4) is 0 Å². The minimum absolute atomic E-state index is 0.0380. The normalized spacial score (nSPS) is 10.4. The number of aryl methyl sites for hydroxylation is 1. The van der Waals surface area contributed by atoms with Crippen molar-refractivity contribution in [3.05, 3.63) is 36.4 Å². The van der Waals surface area contributed by atoms with Gasteiger partial charge in [-0.15, -0.1) is 0 Å². The Kier molecular flexibility index (Phi) is 3.18. The fourth-order valence-corrected chi connectivity index (χ4v) is 1.73. The van der Waals surface area contributed by atoms with Gasteiger partial charge in [0.05, 0.1) is 5.56 Å². The van der Waals surface area contributed by atoms with E-state index in [0.29, 0.717) is 11.4 Å². The van der Waals surface area contributed by atoms with Crippen molar-refractivity contribution in [3.8, 4) is 11.4 Å². The lowest BCUT2D eigenvalue weighted by Crippen LogP contribution is -2.06. The second-order valence-electron chi connectivity index (χ2n) is 3.65. The number of carbonyl (C=O) groups is 1. The SMILES string of the molecule is CCCn1ccnc1-c1cccnc1C(=O)O. The van der Waals surface area contributed by atoms with E-state index in [9.17, 15) is 4.79 Å². The molecule has 0 spiro atoms. The number of rotatable bonds is 4. The lowest BCUT2D eigenvalue weighted by molar-refractivity contribution is 0.0691. The van der Waals surface area contributed by atoms with Crippen LogP contribution < -0.4 is 0 Å². The van der Waals surface area contributed by atoms with Gasteiger partial charge in [-0.25, -0.2) is 14.8 Å². The van der Waals surface area contributed by atoms with Gasteiger partial charge < -0.3 is 9.67 Å². The molecule has 5 heteroatoms. The summed E-state index contributed by atoms with van der Waals surface area (Å²) in [5.41, 5.74) is 0.592. The molecule has 0 saturated heterocycles. The molecule has 1 N–H and O–H groups in total. The number of carboxylic acids is 1. The summed E-state index contributed by atoms with van der Waals surface area (Å²) in [4.78, 5) is 19.2. The molecule has 0 amide bonds. The summed E-state index contributed by atoms with van der Waals surface area (Å²) in [6.45, 7) is 2.87. The van der Waals surface area contributed by atoms with Crippen molar-refractivity contribution in [2.75, 3.05) is 0 Å². The first kappa shape index (κ1) is 11.3. The Balaban J connectivity index is 2.52. The molecule has 2 aromatic rings. The molecular formula is C12H13N3O2. The highest BCUT2D eigenvalue weighted by Crippen LogP contribution is 2.20. The van der Waals surface area contributed by atoms with Crippen LogP contribution in [0.1, 0.15) is 23.8 Å². The minimum Gasteiger partial charge on any atom is -0.476 e.